The van der Waals surface area contributed by atoms with Crippen LogP contribution in [0.15, 0.2) is 66.7 Å². The number of rotatable bonds is 9. The Hall–Kier alpha value is -4.13. The Morgan fingerprint density at radius 2 is 1.49 bits per heavy atom. The molecule has 0 aromatic heterocycles. The molecule has 0 bridgehead atoms. The predicted octanol–water partition coefficient (Wildman–Crippen LogP) is 7.00. The van der Waals surface area contributed by atoms with Crippen molar-refractivity contribution in [2.45, 2.75) is 77.9 Å². The van der Waals surface area contributed by atoms with Crippen molar-refractivity contribution < 1.29 is 33.3 Å². The highest BCUT2D eigenvalue weighted by molar-refractivity contribution is 5.93. The molecule has 4 rings (SSSR count). The number of carbonyl (C=O) groups is 3. The van der Waals surface area contributed by atoms with Crippen molar-refractivity contribution >= 4 is 17.9 Å². The van der Waals surface area contributed by atoms with Crippen LogP contribution in [0.3, 0.4) is 0 Å². The Morgan fingerprint density at radius 3 is 2.15 bits per heavy atom. The van der Waals surface area contributed by atoms with E-state index >= 15 is 0 Å². The number of benzene rings is 3. The van der Waals surface area contributed by atoms with Crippen molar-refractivity contribution in [1.82, 2.24) is 0 Å². The normalized spacial score (nSPS) is 15.7. The van der Waals surface area contributed by atoms with Crippen molar-refractivity contribution in [3.8, 4) is 11.5 Å². The standard InChI is InChI=1S/C34H38O7/c1-22(35)40-30-19-26(13-14-27(30)32(37)39-20-24-10-8-7-9-11-24)38-21-31(41-23(2)36)25-12-15-28-29(18-25)34(5,6)17-16-33(28,3)4/h7-15,18-19,31H,16-17,20-21H2,1-6H3. The number of fused-ring (bicyclic) bond motifs is 1. The van der Waals surface area contributed by atoms with E-state index in [2.05, 4.69) is 39.8 Å². The van der Waals surface area contributed by atoms with Crippen LogP contribution in [-0.4, -0.2) is 24.5 Å². The third-order valence-corrected chi connectivity index (χ3v) is 7.60. The van der Waals surface area contributed by atoms with Gasteiger partial charge in [-0.25, -0.2) is 4.79 Å². The largest absolute Gasteiger partial charge is 0.489 e. The lowest BCUT2D eigenvalue weighted by atomic mass is 9.63. The Kier molecular flexibility index (Phi) is 8.86. The van der Waals surface area contributed by atoms with Gasteiger partial charge in [0.2, 0.25) is 0 Å². The van der Waals surface area contributed by atoms with Gasteiger partial charge in [0.1, 0.15) is 30.3 Å². The van der Waals surface area contributed by atoms with Crippen LogP contribution in [-0.2, 0) is 36.5 Å². The zero-order chi connectivity index (χ0) is 29.8. The van der Waals surface area contributed by atoms with E-state index in [1.807, 2.05) is 36.4 Å². The summed E-state index contributed by atoms with van der Waals surface area (Å²) < 4.78 is 22.4. The summed E-state index contributed by atoms with van der Waals surface area (Å²) in [5, 5.41) is 0. The second-order valence-corrected chi connectivity index (χ2v) is 11.8. The van der Waals surface area contributed by atoms with Gasteiger partial charge >= 0.3 is 17.9 Å². The van der Waals surface area contributed by atoms with Crippen molar-refractivity contribution in [1.29, 1.82) is 0 Å². The molecule has 0 fully saturated rings. The lowest BCUT2D eigenvalue weighted by Gasteiger charge is -2.42. The van der Waals surface area contributed by atoms with Crippen LogP contribution in [0.4, 0.5) is 0 Å². The maximum atomic E-state index is 12.8. The average Bonchev–Trinajstić information content (AvgIpc) is 2.92. The van der Waals surface area contributed by atoms with Gasteiger partial charge in [0.25, 0.3) is 0 Å². The van der Waals surface area contributed by atoms with Gasteiger partial charge in [0.15, 0.2) is 6.10 Å². The highest BCUT2D eigenvalue weighted by atomic mass is 16.6. The van der Waals surface area contributed by atoms with E-state index in [0.717, 1.165) is 24.0 Å². The highest BCUT2D eigenvalue weighted by Crippen LogP contribution is 2.46. The van der Waals surface area contributed by atoms with Crippen LogP contribution >= 0.6 is 0 Å². The van der Waals surface area contributed by atoms with Gasteiger partial charge in [-0.2, -0.15) is 0 Å². The molecule has 0 saturated heterocycles. The molecule has 7 heteroatoms. The highest BCUT2D eigenvalue weighted by Gasteiger charge is 2.37. The van der Waals surface area contributed by atoms with E-state index in [0.29, 0.717) is 5.75 Å². The molecular formula is C34H38O7. The molecule has 0 heterocycles. The topological polar surface area (TPSA) is 88.1 Å². The van der Waals surface area contributed by atoms with Crippen LogP contribution in [0.25, 0.3) is 0 Å². The van der Waals surface area contributed by atoms with Crippen molar-refractivity contribution in [2.75, 3.05) is 6.61 Å². The number of hydrogen-bond acceptors (Lipinski definition) is 7. The van der Waals surface area contributed by atoms with Crippen LogP contribution < -0.4 is 9.47 Å². The first-order chi connectivity index (χ1) is 19.4. The minimum absolute atomic E-state index is 0.00756. The molecule has 0 saturated carbocycles. The molecule has 0 N–H and O–H groups in total. The summed E-state index contributed by atoms with van der Waals surface area (Å²) in [6.07, 6.45) is 1.50. The number of ether oxygens (including phenoxy) is 4. The number of hydrogen-bond donors (Lipinski definition) is 0. The maximum absolute atomic E-state index is 12.8. The fourth-order valence-corrected chi connectivity index (χ4v) is 5.18. The summed E-state index contributed by atoms with van der Waals surface area (Å²) in [5.41, 5.74) is 4.38. The molecule has 0 radical (unpaired) electrons. The maximum Gasteiger partial charge on any atom is 0.342 e. The summed E-state index contributed by atoms with van der Waals surface area (Å²) in [6.45, 7) is 11.7. The summed E-state index contributed by atoms with van der Waals surface area (Å²) >= 11 is 0. The van der Waals surface area contributed by atoms with Crippen LogP contribution in [0.1, 0.15) is 93.1 Å². The van der Waals surface area contributed by atoms with Crippen LogP contribution in [0.2, 0.25) is 0 Å². The first-order valence-corrected chi connectivity index (χ1v) is 13.8. The Bertz CT molecular complexity index is 1420. The van der Waals surface area contributed by atoms with Gasteiger partial charge < -0.3 is 18.9 Å². The predicted molar refractivity (Wildman–Crippen MR) is 155 cm³/mol. The van der Waals surface area contributed by atoms with Gasteiger partial charge in [-0.1, -0.05) is 76.2 Å². The van der Waals surface area contributed by atoms with E-state index in [9.17, 15) is 14.4 Å². The van der Waals surface area contributed by atoms with Gasteiger partial charge in [-0.3, -0.25) is 9.59 Å². The Balaban J connectivity index is 1.55. The Labute approximate surface area is 241 Å². The van der Waals surface area contributed by atoms with Crippen molar-refractivity contribution in [3.05, 3.63) is 94.5 Å². The lowest BCUT2D eigenvalue weighted by Crippen LogP contribution is -2.34. The van der Waals surface area contributed by atoms with Crippen LogP contribution in [0, 0.1) is 0 Å². The first kappa shape index (κ1) is 29.8. The molecule has 0 spiro atoms. The third kappa shape index (κ3) is 7.34. The van der Waals surface area contributed by atoms with E-state index in [-0.39, 0.29) is 35.4 Å². The second kappa shape index (κ2) is 12.2. The van der Waals surface area contributed by atoms with Crippen molar-refractivity contribution in [2.24, 2.45) is 0 Å². The lowest BCUT2D eigenvalue weighted by molar-refractivity contribution is -0.148. The number of carbonyl (C=O) groups excluding carboxylic acids is 3. The zero-order valence-electron chi connectivity index (χ0n) is 24.6. The molecule has 41 heavy (non-hydrogen) atoms. The van der Waals surface area contributed by atoms with E-state index < -0.39 is 24.0 Å². The van der Waals surface area contributed by atoms with Gasteiger partial charge in [-0.05, 0) is 58.1 Å². The fraction of sp³-hybridized carbons (Fsp3) is 0.382. The Morgan fingerprint density at radius 1 is 0.805 bits per heavy atom. The van der Waals surface area contributed by atoms with E-state index in [4.69, 9.17) is 18.9 Å². The van der Waals surface area contributed by atoms with E-state index in [1.54, 1.807) is 6.07 Å². The molecular weight excluding hydrogens is 520 g/mol. The average molecular weight is 559 g/mol. The molecule has 7 nitrogen and oxygen atoms in total. The quantitative estimate of drug-likeness (QED) is 0.206. The minimum atomic E-state index is -0.661. The van der Waals surface area contributed by atoms with Crippen LogP contribution in [0.5, 0.6) is 11.5 Å². The zero-order valence-corrected chi connectivity index (χ0v) is 24.6. The molecule has 3 aromatic carbocycles. The smallest absolute Gasteiger partial charge is 0.342 e. The third-order valence-electron chi connectivity index (χ3n) is 7.60. The molecule has 1 aliphatic rings. The molecule has 1 atom stereocenters. The summed E-state index contributed by atoms with van der Waals surface area (Å²) in [4.78, 5) is 36.6. The van der Waals surface area contributed by atoms with Gasteiger partial charge in [-0.15, -0.1) is 0 Å². The summed E-state index contributed by atoms with van der Waals surface area (Å²) in [6, 6.07) is 20.1. The molecule has 0 aliphatic heterocycles. The molecule has 1 unspecified atom stereocenters. The summed E-state index contributed by atoms with van der Waals surface area (Å²) in [5.74, 6) is -1.27. The molecule has 3 aromatic rings. The van der Waals surface area contributed by atoms with Gasteiger partial charge in [0, 0.05) is 19.9 Å². The van der Waals surface area contributed by atoms with Gasteiger partial charge in [0.05, 0.1) is 0 Å². The van der Waals surface area contributed by atoms with E-state index in [1.165, 1.54) is 37.1 Å². The molecule has 216 valence electrons. The van der Waals surface area contributed by atoms with Crippen molar-refractivity contribution in [3.63, 3.8) is 0 Å². The molecule has 0 amide bonds. The monoisotopic (exact) mass is 558 g/mol. The SMILES string of the molecule is CC(=O)Oc1cc(OCC(OC(C)=O)c2ccc3c(c2)C(C)(C)CCC3(C)C)ccc1C(=O)OCc1ccccc1. The first-order valence-electron chi connectivity index (χ1n) is 13.8. The molecule has 1 aliphatic carbocycles. The minimum Gasteiger partial charge on any atom is -0.489 e. The second-order valence-electron chi connectivity index (χ2n) is 11.8. The number of esters is 3. The fourth-order valence-electron chi connectivity index (χ4n) is 5.18. The summed E-state index contributed by atoms with van der Waals surface area (Å²) in [7, 11) is 0.